The van der Waals surface area contributed by atoms with Crippen molar-refractivity contribution < 1.29 is 38.5 Å². The Kier molecular flexibility index (Phi) is 6.81. The van der Waals surface area contributed by atoms with Crippen LogP contribution in [0.2, 0.25) is 0 Å². The molecule has 37 heavy (non-hydrogen) atoms. The van der Waals surface area contributed by atoms with Gasteiger partial charge in [-0.2, -0.15) is 0 Å². The second-order valence-electron chi connectivity index (χ2n) is 12.6. The van der Waals surface area contributed by atoms with E-state index in [1.807, 2.05) is 34.6 Å². The average Bonchev–Trinajstić information content (AvgIpc) is 3.59. The Balaban J connectivity index is 1.90. The molecule has 2 unspecified atom stereocenters. The Morgan fingerprint density at radius 3 is 2.27 bits per heavy atom. The molecule has 4 rings (SSSR count). The first kappa shape index (κ1) is 28.0. The summed E-state index contributed by atoms with van der Waals surface area (Å²) in [6.45, 7) is 15.9. The molecule has 0 aromatic rings. The third-order valence-electron chi connectivity index (χ3n) is 9.79. The maximum atomic E-state index is 14.2. The maximum absolute atomic E-state index is 14.2. The molecule has 0 aromatic carbocycles. The number of hydrogen-bond donors (Lipinski definition) is 1. The molecule has 2 saturated carbocycles. The van der Waals surface area contributed by atoms with E-state index in [9.17, 15) is 24.3 Å². The summed E-state index contributed by atoms with van der Waals surface area (Å²) in [5.74, 6) is -3.69. The van der Waals surface area contributed by atoms with Crippen LogP contribution < -0.4 is 0 Å². The molecule has 3 fully saturated rings. The van der Waals surface area contributed by atoms with Crippen molar-refractivity contribution in [1.82, 2.24) is 0 Å². The third-order valence-corrected chi connectivity index (χ3v) is 9.79. The number of aliphatic hydroxyl groups is 1. The van der Waals surface area contributed by atoms with Crippen molar-refractivity contribution >= 4 is 23.5 Å². The van der Waals surface area contributed by atoms with Crippen LogP contribution in [-0.4, -0.2) is 58.1 Å². The van der Waals surface area contributed by atoms with Gasteiger partial charge in [-0.3, -0.25) is 19.2 Å². The van der Waals surface area contributed by atoms with Gasteiger partial charge in [0.1, 0.15) is 18.0 Å². The summed E-state index contributed by atoms with van der Waals surface area (Å²) in [7, 11) is 0. The number of carbonyl (C=O) groups excluding carboxylic acids is 4. The van der Waals surface area contributed by atoms with E-state index in [4.69, 9.17) is 14.2 Å². The van der Waals surface area contributed by atoms with Crippen LogP contribution in [0.15, 0.2) is 11.6 Å². The van der Waals surface area contributed by atoms with Crippen LogP contribution in [0.4, 0.5) is 0 Å². The zero-order valence-electron chi connectivity index (χ0n) is 23.5. The van der Waals surface area contributed by atoms with Crippen LogP contribution in [0, 0.1) is 40.9 Å². The highest BCUT2D eigenvalue weighted by molar-refractivity contribution is 5.96. The molecule has 206 valence electrons. The predicted molar refractivity (Wildman–Crippen MR) is 134 cm³/mol. The molecule has 3 aliphatic carbocycles. The molecule has 1 N–H and O–H groups in total. The highest BCUT2D eigenvalue weighted by Crippen LogP contribution is 2.69. The minimum Gasteiger partial charge on any atom is -0.461 e. The summed E-state index contributed by atoms with van der Waals surface area (Å²) in [6, 6.07) is 0. The van der Waals surface area contributed by atoms with Crippen molar-refractivity contribution in [3.05, 3.63) is 11.6 Å². The van der Waals surface area contributed by atoms with Gasteiger partial charge in [0, 0.05) is 25.7 Å². The van der Waals surface area contributed by atoms with Gasteiger partial charge in [0.25, 0.3) is 0 Å². The summed E-state index contributed by atoms with van der Waals surface area (Å²) >= 11 is 0. The van der Waals surface area contributed by atoms with Gasteiger partial charge in [0.15, 0.2) is 17.0 Å². The minimum absolute atomic E-state index is 0.0417. The summed E-state index contributed by atoms with van der Waals surface area (Å²) in [4.78, 5) is 52.2. The van der Waals surface area contributed by atoms with E-state index >= 15 is 0 Å². The van der Waals surface area contributed by atoms with Gasteiger partial charge in [0.2, 0.25) is 0 Å². The second kappa shape index (κ2) is 9.01. The van der Waals surface area contributed by atoms with Gasteiger partial charge >= 0.3 is 11.9 Å². The molecule has 0 spiro atoms. The molecule has 4 aliphatic rings. The molecule has 1 saturated heterocycles. The van der Waals surface area contributed by atoms with Crippen molar-refractivity contribution in [2.45, 2.75) is 105 Å². The Morgan fingerprint density at radius 2 is 1.73 bits per heavy atom. The number of aliphatic hydroxyl groups excluding tert-OH is 1. The maximum Gasteiger partial charge on any atom is 0.303 e. The number of ketones is 2. The average molecular weight is 519 g/mol. The van der Waals surface area contributed by atoms with Gasteiger partial charge in [-0.05, 0) is 48.7 Å². The zero-order valence-corrected chi connectivity index (χ0v) is 23.5. The van der Waals surface area contributed by atoms with E-state index in [-0.39, 0.29) is 35.2 Å². The number of esters is 2. The topological polar surface area (TPSA) is 120 Å². The monoisotopic (exact) mass is 518 g/mol. The molecule has 11 atom stereocenters. The van der Waals surface area contributed by atoms with E-state index in [0.717, 1.165) is 0 Å². The number of carbonyl (C=O) groups is 4. The van der Waals surface area contributed by atoms with Crippen LogP contribution in [0.3, 0.4) is 0 Å². The van der Waals surface area contributed by atoms with Crippen molar-refractivity contribution in [2.75, 3.05) is 0 Å². The van der Waals surface area contributed by atoms with Crippen molar-refractivity contribution in [1.29, 1.82) is 0 Å². The predicted octanol–water partition coefficient (Wildman–Crippen LogP) is 3.43. The van der Waals surface area contributed by atoms with Gasteiger partial charge < -0.3 is 19.3 Å². The number of epoxide rings is 1. The van der Waals surface area contributed by atoms with Crippen LogP contribution in [-0.2, 0) is 33.4 Å². The smallest absolute Gasteiger partial charge is 0.303 e. The van der Waals surface area contributed by atoms with E-state index < -0.39 is 58.7 Å². The van der Waals surface area contributed by atoms with Crippen LogP contribution in [0.1, 0.15) is 75.2 Å². The molecule has 8 heteroatoms. The van der Waals surface area contributed by atoms with E-state index in [2.05, 4.69) is 0 Å². The standard InChI is InChI=1S/C29H42O8/c1-10-13(2)22(32)19-20-21(27(20,8)9)24(35-17(6)30)16(5)25(34)28-12-15(4)26(36-18(7)31)29(28,37-28)11-14(3)23(19)33/h11,13,15-16,19-21,23-24,26,33H,10,12H2,1-9H3/b14-11+/t13?,15-,16+,19?,20+,21-,23-,24-,26-,28-,29-/m0/s1. The summed E-state index contributed by atoms with van der Waals surface area (Å²) in [5.41, 5.74) is -2.41. The highest BCUT2D eigenvalue weighted by atomic mass is 16.7. The number of hydrogen-bond acceptors (Lipinski definition) is 8. The fraction of sp³-hybridized carbons (Fsp3) is 0.793. The molecule has 8 nitrogen and oxygen atoms in total. The lowest BCUT2D eigenvalue weighted by molar-refractivity contribution is -0.154. The lowest BCUT2D eigenvalue weighted by Crippen LogP contribution is -2.43. The van der Waals surface area contributed by atoms with E-state index in [1.165, 1.54) is 13.8 Å². The Hall–Kier alpha value is -2.06. The third kappa shape index (κ3) is 4.01. The highest BCUT2D eigenvalue weighted by Gasteiger charge is 2.84. The Morgan fingerprint density at radius 1 is 1.14 bits per heavy atom. The number of Topliss-reactive ketones (excluding diaryl/α,β-unsaturated/α-hetero) is 2. The van der Waals surface area contributed by atoms with Gasteiger partial charge in [0.05, 0.1) is 17.9 Å². The van der Waals surface area contributed by atoms with Crippen LogP contribution in [0.5, 0.6) is 0 Å². The molecule has 0 radical (unpaired) electrons. The molecular formula is C29H42O8. The summed E-state index contributed by atoms with van der Waals surface area (Å²) in [6.07, 6.45) is 0.0866. The van der Waals surface area contributed by atoms with Gasteiger partial charge in [-0.15, -0.1) is 0 Å². The van der Waals surface area contributed by atoms with Crippen LogP contribution in [0.25, 0.3) is 0 Å². The first-order valence-electron chi connectivity index (χ1n) is 13.6. The molecule has 0 aromatic heterocycles. The normalized spacial score (nSPS) is 46.1. The Bertz CT molecular complexity index is 1040. The number of fused-ring (bicyclic) bond motifs is 1. The number of ether oxygens (including phenoxy) is 3. The fourth-order valence-corrected chi connectivity index (χ4v) is 7.68. The lowest BCUT2D eigenvalue weighted by atomic mass is 9.79. The van der Waals surface area contributed by atoms with E-state index in [1.54, 1.807) is 19.9 Å². The van der Waals surface area contributed by atoms with Gasteiger partial charge in [-0.1, -0.05) is 41.5 Å². The molecule has 1 aliphatic heterocycles. The quantitative estimate of drug-likeness (QED) is 0.334. The second-order valence-corrected chi connectivity index (χ2v) is 12.6. The van der Waals surface area contributed by atoms with Gasteiger partial charge in [-0.25, -0.2) is 0 Å². The van der Waals surface area contributed by atoms with E-state index in [0.29, 0.717) is 18.4 Å². The largest absolute Gasteiger partial charge is 0.461 e. The van der Waals surface area contributed by atoms with Crippen LogP contribution >= 0.6 is 0 Å². The molecule has 0 amide bonds. The zero-order chi connectivity index (χ0) is 27.8. The number of rotatable bonds is 5. The van der Waals surface area contributed by atoms with Crippen molar-refractivity contribution in [3.63, 3.8) is 0 Å². The molecule has 1 heterocycles. The lowest BCUT2D eigenvalue weighted by Gasteiger charge is -2.29. The SMILES string of the molecule is CCC(C)C(=O)C1[C@@H]2[C@@H]([C@@H](OC(C)=O)[C@@H](C)C(=O)[C@@]34C[C@H](C)[C@H](OC(C)=O)[C@]3(/C=C(\C)[C@@H]1O)O4)C2(C)C. The Labute approximate surface area is 219 Å². The van der Waals surface area contributed by atoms with Crippen molar-refractivity contribution in [2.24, 2.45) is 40.9 Å². The van der Waals surface area contributed by atoms with Crippen molar-refractivity contribution in [3.8, 4) is 0 Å². The molecule has 0 bridgehead atoms. The summed E-state index contributed by atoms with van der Waals surface area (Å²) in [5, 5.41) is 11.7. The molecular weight excluding hydrogens is 476 g/mol. The summed E-state index contributed by atoms with van der Waals surface area (Å²) < 4.78 is 17.8. The fourth-order valence-electron chi connectivity index (χ4n) is 7.68. The minimum atomic E-state index is -1.25. The first-order valence-corrected chi connectivity index (χ1v) is 13.6. The first-order chi connectivity index (χ1) is 17.1.